The third-order valence-corrected chi connectivity index (χ3v) is 2.31. The quantitative estimate of drug-likeness (QED) is 0.750. The first kappa shape index (κ1) is 11.7. The molecule has 0 saturated carbocycles. The van der Waals surface area contributed by atoms with Crippen molar-refractivity contribution in [1.29, 1.82) is 0 Å². The van der Waals surface area contributed by atoms with Crippen molar-refractivity contribution in [2.24, 2.45) is 0 Å². The maximum atomic E-state index is 9.34. The summed E-state index contributed by atoms with van der Waals surface area (Å²) in [5.41, 5.74) is 0.841. The Morgan fingerprint density at radius 2 is 2.33 bits per heavy atom. The SMILES string of the molecule is C=CCN(CC)c1ccc([C@H](C)O)cn1. The number of hydrogen-bond donors (Lipinski definition) is 1. The molecule has 82 valence electrons. The molecule has 0 aliphatic heterocycles. The molecular formula is C12H18N2O. The second kappa shape index (κ2) is 5.51. The van der Waals surface area contributed by atoms with Crippen LogP contribution in [0.3, 0.4) is 0 Å². The highest BCUT2D eigenvalue weighted by Gasteiger charge is 2.05. The van der Waals surface area contributed by atoms with E-state index in [9.17, 15) is 5.11 Å². The lowest BCUT2D eigenvalue weighted by Crippen LogP contribution is -2.23. The van der Waals surface area contributed by atoms with E-state index in [1.54, 1.807) is 13.1 Å². The standard InChI is InChI=1S/C12H18N2O/c1-4-8-14(5-2)12-7-6-11(9-13-12)10(3)15/h4,6-7,9-10,15H,1,5,8H2,2-3H3/t10-/m0/s1. The number of aliphatic hydroxyl groups excluding tert-OH is 1. The van der Waals surface area contributed by atoms with Gasteiger partial charge in [-0.2, -0.15) is 0 Å². The van der Waals surface area contributed by atoms with Crippen molar-refractivity contribution in [2.45, 2.75) is 20.0 Å². The molecule has 15 heavy (non-hydrogen) atoms. The maximum absolute atomic E-state index is 9.34. The van der Waals surface area contributed by atoms with Crippen molar-refractivity contribution >= 4 is 5.82 Å². The second-order valence-electron chi connectivity index (χ2n) is 3.45. The van der Waals surface area contributed by atoms with Crippen LogP contribution in [0.4, 0.5) is 5.82 Å². The summed E-state index contributed by atoms with van der Waals surface area (Å²) >= 11 is 0. The fraction of sp³-hybridized carbons (Fsp3) is 0.417. The van der Waals surface area contributed by atoms with Crippen LogP contribution >= 0.6 is 0 Å². The van der Waals surface area contributed by atoms with Crippen LogP contribution in [0.15, 0.2) is 31.0 Å². The monoisotopic (exact) mass is 206 g/mol. The van der Waals surface area contributed by atoms with Gasteiger partial charge in [0.1, 0.15) is 5.82 Å². The number of anilines is 1. The van der Waals surface area contributed by atoms with Crippen LogP contribution in [0.2, 0.25) is 0 Å². The van der Waals surface area contributed by atoms with Crippen LogP contribution in [0, 0.1) is 0 Å². The zero-order valence-electron chi connectivity index (χ0n) is 9.35. The average molecular weight is 206 g/mol. The predicted octanol–water partition coefficient (Wildman–Crippen LogP) is 2.15. The molecule has 0 radical (unpaired) electrons. The lowest BCUT2D eigenvalue weighted by atomic mass is 10.2. The van der Waals surface area contributed by atoms with E-state index in [-0.39, 0.29) is 0 Å². The number of nitrogens with zero attached hydrogens (tertiary/aromatic N) is 2. The normalized spacial score (nSPS) is 12.2. The van der Waals surface area contributed by atoms with E-state index < -0.39 is 6.10 Å². The molecule has 0 aliphatic carbocycles. The molecule has 1 rings (SSSR count). The number of rotatable bonds is 5. The van der Waals surface area contributed by atoms with Gasteiger partial charge >= 0.3 is 0 Å². The summed E-state index contributed by atoms with van der Waals surface area (Å²) in [6.07, 6.45) is 3.11. The van der Waals surface area contributed by atoms with Gasteiger partial charge in [-0.15, -0.1) is 6.58 Å². The molecule has 0 fully saturated rings. The van der Waals surface area contributed by atoms with Crippen LogP contribution in [0.25, 0.3) is 0 Å². The van der Waals surface area contributed by atoms with E-state index in [1.165, 1.54) is 0 Å². The number of pyridine rings is 1. The van der Waals surface area contributed by atoms with Crippen LogP contribution in [0.5, 0.6) is 0 Å². The molecule has 1 aromatic rings. The van der Waals surface area contributed by atoms with Crippen molar-refractivity contribution in [1.82, 2.24) is 4.98 Å². The number of hydrogen-bond acceptors (Lipinski definition) is 3. The number of likely N-dealkylation sites (N-methyl/N-ethyl adjacent to an activating group) is 1. The van der Waals surface area contributed by atoms with Gasteiger partial charge in [0.15, 0.2) is 0 Å². The third-order valence-electron chi connectivity index (χ3n) is 2.31. The molecule has 0 amide bonds. The predicted molar refractivity (Wildman–Crippen MR) is 63.0 cm³/mol. The first-order chi connectivity index (χ1) is 7.19. The molecule has 1 atom stereocenters. The smallest absolute Gasteiger partial charge is 0.128 e. The van der Waals surface area contributed by atoms with Gasteiger partial charge in [-0.3, -0.25) is 0 Å². The van der Waals surface area contributed by atoms with E-state index in [4.69, 9.17) is 0 Å². The topological polar surface area (TPSA) is 36.4 Å². The molecule has 0 saturated heterocycles. The number of aliphatic hydroxyl groups is 1. The van der Waals surface area contributed by atoms with Crippen molar-refractivity contribution in [3.8, 4) is 0 Å². The van der Waals surface area contributed by atoms with Crippen molar-refractivity contribution < 1.29 is 5.11 Å². The molecule has 3 nitrogen and oxygen atoms in total. The van der Waals surface area contributed by atoms with E-state index in [2.05, 4.69) is 23.4 Å². The van der Waals surface area contributed by atoms with E-state index in [0.717, 1.165) is 24.5 Å². The van der Waals surface area contributed by atoms with Crippen molar-refractivity contribution in [3.63, 3.8) is 0 Å². The summed E-state index contributed by atoms with van der Waals surface area (Å²) in [7, 11) is 0. The van der Waals surface area contributed by atoms with Gasteiger partial charge in [-0.05, 0) is 25.5 Å². The average Bonchev–Trinajstić information content (AvgIpc) is 2.26. The largest absolute Gasteiger partial charge is 0.389 e. The van der Waals surface area contributed by atoms with Gasteiger partial charge in [0.05, 0.1) is 6.10 Å². The third kappa shape index (κ3) is 3.06. The van der Waals surface area contributed by atoms with Crippen molar-refractivity contribution in [3.05, 3.63) is 36.5 Å². The lowest BCUT2D eigenvalue weighted by Gasteiger charge is -2.20. The highest BCUT2D eigenvalue weighted by molar-refractivity contribution is 5.40. The minimum absolute atomic E-state index is 0.457. The molecule has 3 heteroatoms. The first-order valence-corrected chi connectivity index (χ1v) is 5.19. The van der Waals surface area contributed by atoms with E-state index in [1.807, 2.05) is 18.2 Å². The molecule has 0 spiro atoms. The minimum atomic E-state index is -0.457. The maximum Gasteiger partial charge on any atom is 0.128 e. The fourth-order valence-corrected chi connectivity index (χ4v) is 1.37. The Kier molecular flexibility index (Phi) is 4.31. The Hall–Kier alpha value is -1.35. The molecule has 1 N–H and O–H groups in total. The Morgan fingerprint density at radius 1 is 1.60 bits per heavy atom. The first-order valence-electron chi connectivity index (χ1n) is 5.19. The van der Waals surface area contributed by atoms with Crippen LogP contribution in [-0.2, 0) is 0 Å². The van der Waals surface area contributed by atoms with Gasteiger partial charge in [0.2, 0.25) is 0 Å². The summed E-state index contributed by atoms with van der Waals surface area (Å²) in [6, 6.07) is 3.83. The fourth-order valence-electron chi connectivity index (χ4n) is 1.37. The zero-order chi connectivity index (χ0) is 11.3. The summed E-state index contributed by atoms with van der Waals surface area (Å²) < 4.78 is 0. The highest BCUT2D eigenvalue weighted by atomic mass is 16.3. The minimum Gasteiger partial charge on any atom is -0.389 e. The molecular weight excluding hydrogens is 188 g/mol. The second-order valence-corrected chi connectivity index (χ2v) is 3.45. The van der Waals surface area contributed by atoms with E-state index in [0.29, 0.717) is 0 Å². The van der Waals surface area contributed by atoms with Gasteiger partial charge in [-0.1, -0.05) is 12.1 Å². The van der Waals surface area contributed by atoms with Gasteiger partial charge in [0.25, 0.3) is 0 Å². The Morgan fingerprint density at radius 3 is 2.73 bits per heavy atom. The number of aromatic nitrogens is 1. The molecule has 0 bridgehead atoms. The van der Waals surface area contributed by atoms with Crippen LogP contribution in [-0.4, -0.2) is 23.2 Å². The molecule has 1 aromatic heterocycles. The molecule has 0 aromatic carbocycles. The van der Waals surface area contributed by atoms with Gasteiger partial charge < -0.3 is 10.0 Å². The van der Waals surface area contributed by atoms with Crippen molar-refractivity contribution in [2.75, 3.05) is 18.0 Å². The highest BCUT2D eigenvalue weighted by Crippen LogP contribution is 2.15. The lowest BCUT2D eigenvalue weighted by molar-refractivity contribution is 0.199. The molecule has 0 unspecified atom stereocenters. The molecule has 0 aliphatic rings. The zero-order valence-corrected chi connectivity index (χ0v) is 9.35. The van der Waals surface area contributed by atoms with E-state index >= 15 is 0 Å². The molecule has 1 heterocycles. The Balaban J connectivity index is 2.81. The Labute approximate surface area is 91.1 Å². The van der Waals surface area contributed by atoms with Gasteiger partial charge in [0, 0.05) is 19.3 Å². The summed E-state index contributed by atoms with van der Waals surface area (Å²) in [5, 5.41) is 9.34. The summed E-state index contributed by atoms with van der Waals surface area (Å²) in [5.74, 6) is 0.918. The Bertz CT molecular complexity index is 306. The van der Waals surface area contributed by atoms with Gasteiger partial charge in [-0.25, -0.2) is 4.98 Å². The summed E-state index contributed by atoms with van der Waals surface area (Å²) in [6.45, 7) is 9.21. The van der Waals surface area contributed by atoms with Crippen LogP contribution in [0.1, 0.15) is 25.5 Å². The van der Waals surface area contributed by atoms with Crippen LogP contribution < -0.4 is 4.90 Å². The summed E-state index contributed by atoms with van der Waals surface area (Å²) in [4.78, 5) is 6.42.